The number of ketones is 1. The van der Waals surface area contributed by atoms with Crippen LogP contribution in [0.1, 0.15) is 28.7 Å². The highest BCUT2D eigenvalue weighted by atomic mass is 32.2. The van der Waals surface area contributed by atoms with Gasteiger partial charge in [0.05, 0.1) is 25.5 Å². The number of ether oxygens (including phenoxy) is 3. The number of thioether (sulfide) groups is 1. The van der Waals surface area contributed by atoms with E-state index < -0.39 is 0 Å². The molecule has 7 nitrogen and oxygen atoms in total. The lowest BCUT2D eigenvalue weighted by atomic mass is 10.1. The van der Waals surface area contributed by atoms with Gasteiger partial charge in [0, 0.05) is 6.54 Å². The molecule has 3 rings (SSSR count). The summed E-state index contributed by atoms with van der Waals surface area (Å²) in [4.78, 5) is 12.8. The number of nitrogens with zero attached hydrogens (tertiary/aromatic N) is 3. The molecule has 8 heteroatoms. The van der Waals surface area contributed by atoms with Gasteiger partial charge in [-0.25, -0.2) is 0 Å². The van der Waals surface area contributed by atoms with Gasteiger partial charge in [0.1, 0.15) is 23.9 Å². The summed E-state index contributed by atoms with van der Waals surface area (Å²) < 4.78 is 18.3. The predicted molar refractivity (Wildman–Crippen MR) is 116 cm³/mol. The molecule has 0 fully saturated rings. The van der Waals surface area contributed by atoms with Gasteiger partial charge < -0.3 is 18.8 Å². The Morgan fingerprint density at radius 2 is 1.77 bits per heavy atom. The number of aryl methyl sites for hydroxylation is 1. The van der Waals surface area contributed by atoms with Gasteiger partial charge in [-0.2, -0.15) is 0 Å². The van der Waals surface area contributed by atoms with Gasteiger partial charge in [-0.1, -0.05) is 29.5 Å². The molecule has 158 valence electrons. The fourth-order valence-electron chi connectivity index (χ4n) is 2.87. The molecule has 0 saturated heterocycles. The molecule has 0 aliphatic carbocycles. The molecule has 3 aromatic rings. The van der Waals surface area contributed by atoms with Crippen molar-refractivity contribution in [3.63, 3.8) is 0 Å². The van der Waals surface area contributed by atoms with E-state index in [1.807, 2.05) is 42.7 Å². The highest BCUT2D eigenvalue weighted by Gasteiger charge is 2.17. The van der Waals surface area contributed by atoms with Crippen LogP contribution in [-0.2, 0) is 13.2 Å². The number of aromatic nitrogens is 3. The Labute approximate surface area is 180 Å². The Morgan fingerprint density at radius 1 is 1.03 bits per heavy atom. The summed E-state index contributed by atoms with van der Waals surface area (Å²) in [5, 5.41) is 9.16. The molecule has 0 atom stereocenters. The molecule has 0 aliphatic rings. The fraction of sp³-hybridized carbons (Fsp3) is 0.318. The van der Waals surface area contributed by atoms with Crippen molar-refractivity contribution in [1.29, 1.82) is 0 Å². The summed E-state index contributed by atoms with van der Waals surface area (Å²) in [7, 11) is 3.11. The van der Waals surface area contributed by atoms with Gasteiger partial charge in [0.2, 0.25) is 0 Å². The molecule has 0 N–H and O–H groups in total. The summed E-state index contributed by atoms with van der Waals surface area (Å²) >= 11 is 1.34. The van der Waals surface area contributed by atoms with Crippen LogP contribution < -0.4 is 14.2 Å². The van der Waals surface area contributed by atoms with Crippen LogP contribution in [0.2, 0.25) is 0 Å². The van der Waals surface area contributed by atoms with Crippen molar-refractivity contribution >= 4 is 17.5 Å². The Balaban J connectivity index is 1.67. The highest BCUT2D eigenvalue weighted by molar-refractivity contribution is 7.99. The minimum absolute atomic E-state index is 0.0705. The van der Waals surface area contributed by atoms with Crippen LogP contribution in [0.5, 0.6) is 17.2 Å². The molecule has 1 heterocycles. The monoisotopic (exact) mass is 427 g/mol. The quantitative estimate of drug-likeness (QED) is 0.355. The molecular weight excluding hydrogens is 402 g/mol. The van der Waals surface area contributed by atoms with Crippen molar-refractivity contribution in [3.05, 3.63) is 59.4 Å². The lowest BCUT2D eigenvalue weighted by Crippen LogP contribution is -2.09. The predicted octanol–water partition coefficient (Wildman–Crippen LogP) is 4.18. The van der Waals surface area contributed by atoms with E-state index >= 15 is 0 Å². The molecule has 1 aromatic heterocycles. The van der Waals surface area contributed by atoms with E-state index in [0.717, 1.165) is 5.75 Å². The van der Waals surface area contributed by atoms with E-state index in [9.17, 15) is 4.79 Å². The average molecular weight is 428 g/mol. The number of benzene rings is 2. The van der Waals surface area contributed by atoms with E-state index in [0.29, 0.717) is 41.2 Å². The molecule has 0 saturated carbocycles. The topological polar surface area (TPSA) is 75.5 Å². The lowest BCUT2D eigenvalue weighted by Gasteiger charge is -2.10. The third-order valence-corrected chi connectivity index (χ3v) is 5.50. The number of carbonyl (C=O) groups excluding carboxylic acids is 1. The van der Waals surface area contributed by atoms with Crippen LogP contribution in [0.15, 0.2) is 47.6 Å². The number of hydrogen-bond acceptors (Lipinski definition) is 7. The molecular formula is C22H25N3O4S. The smallest absolute Gasteiger partial charge is 0.191 e. The number of Topliss-reactive ketones (excluding diaryl/α,β-unsaturated/α-hetero) is 1. The third kappa shape index (κ3) is 5.13. The summed E-state index contributed by atoms with van der Waals surface area (Å²) in [5.74, 6) is 2.76. The first kappa shape index (κ1) is 21.7. The molecule has 0 bridgehead atoms. The largest absolute Gasteiger partial charge is 0.497 e. The maximum absolute atomic E-state index is 12.8. The molecule has 0 amide bonds. The standard InChI is InChI=1S/C22H25N3O4S/c1-5-25-21(13-29-16-8-6-15(2)7-9-16)23-24-22(25)30-14-19(26)18-12-17(27-3)10-11-20(18)28-4/h6-12H,5,13-14H2,1-4H3. The minimum atomic E-state index is -0.0705. The molecule has 30 heavy (non-hydrogen) atoms. The number of methoxy groups -OCH3 is 2. The minimum Gasteiger partial charge on any atom is -0.497 e. The van der Waals surface area contributed by atoms with Crippen LogP contribution in [0.4, 0.5) is 0 Å². The van der Waals surface area contributed by atoms with E-state index in [2.05, 4.69) is 10.2 Å². The second kappa shape index (κ2) is 10.2. The van der Waals surface area contributed by atoms with Crippen molar-refractivity contribution in [2.75, 3.05) is 20.0 Å². The second-order valence-corrected chi connectivity index (χ2v) is 7.47. The molecule has 0 spiro atoms. The maximum Gasteiger partial charge on any atom is 0.191 e. The van der Waals surface area contributed by atoms with Crippen molar-refractivity contribution in [3.8, 4) is 17.2 Å². The first-order valence-corrected chi connectivity index (χ1v) is 10.5. The number of hydrogen-bond donors (Lipinski definition) is 0. The Bertz CT molecular complexity index is 1000. The van der Waals surface area contributed by atoms with Crippen molar-refractivity contribution < 1.29 is 19.0 Å². The van der Waals surface area contributed by atoms with Gasteiger partial charge in [-0.3, -0.25) is 4.79 Å². The van der Waals surface area contributed by atoms with Crippen LogP contribution in [0.3, 0.4) is 0 Å². The first-order chi connectivity index (χ1) is 14.5. The summed E-state index contributed by atoms with van der Waals surface area (Å²) in [6, 6.07) is 13.0. The molecule has 0 radical (unpaired) electrons. The molecule has 0 unspecified atom stereocenters. The van der Waals surface area contributed by atoms with Crippen molar-refractivity contribution in [1.82, 2.24) is 14.8 Å². The Morgan fingerprint density at radius 3 is 2.43 bits per heavy atom. The first-order valence-electron chi connectivity index (χ1n) is 9.55. The molecule has 0 aliphatic heterocycles. The van der Waals surface area contributed by atoms with Gasteiger partial charge >= 0.3 is 0 Å². The summed E-state index contributed by atoms with van der Waals surface area (Å²) in [5.41, 5.74) is 1.66. The number of carbonyl (C=O) groups is 1. The fourth-order valence-corrected chi connectivity index (χ4v) is 3.78. The van der Waals surface area contributed by atoms with Crippen molar-refractivity contribution in [2.24, 2.45) is 0 Å². The number of rotatable bonds is 10. The SMILES string of the molecule is CCn1c(COc2ccc(C)cc2)nnc1SCC(=O)c1cc(OC)ccc1OC. The van der Waals surface area contributed by atoms with Gasteiger partial charge in [-0.05, 0) is 44.2 Å². The zero-order valence-electron chi connectivity index (χ0n) is 17.5. The average Bonchev–Trinajstić information content (AvgIpc) is 3.18. The van der Waals surface area contributed by atoms with Crippen LogP contribution in [0, 0.1) is 6.92 Å². The zero-order valence-corrected chi connectivity index (χ0v) is 18.4. The van der Waals surface area contributed by atoms with Gasteiger partial charge in [0.15, 0.2) is 16.8 Å². The normalized spacial score (nSPS) is 10.7. The van der Waals surface area contributed by atoms with E-state index in [-0.39, 0.29) is 11.5 Å². The van der Waals surface area contributed by atoms with Crippen molar-refractivity contribution in [2.45, 2.75) is 32.2 Å². The summed E-state index contributed by atoms with van der Waals surface area (Å²) in [6.07, 6.45) is 0. The molecule has 2 aromatic carbocycles. The van der Waals surface area contributed by atoms with E-state index in [4.69, 9.17) is 14.2 Å². The maximum atomic E-state index is 12.8. The zero-order chi connectivity index (χ0) is 21.5. The van der Waals surface area contributed by atoms with E-state index in [1.54, 1.807) is 32.4 Å². The Hall–Kier alpha value is -3.00. The van der Waals surface area contributed by atoms with Gasteiger partial charge in [-0.15, -0.1) is 10.2 Å². The van der Waals surface area contributed by atoms with Crippen LogP contribution in [-0.4, -0.2) is 40.5 Å². The summed E-state index contributed by atoms with van der Waals surface area (Å²) in [6.45, 7) is 5.03. The highest BCUT2D eigenvalue weighted by Crippen LogP contribution is 2.27. The van der Waals surface area contributed by atoms with E-state index in [1.165, 1.54) is 17.3 Å². The lowest BCUT2D eigenvalue weighted by molar-refractivity contribution is 0.101. The van der Waals surface area contributed by atoms with Crippen LogP contribution in [0.25, 0.3) is 0 Å². The second-order valence-electron chi connectivity index (χ2n) is 6.52. The third-order valence-electron chi connectivity index (χ3n) is 4.54. The van der Waals surface area contributed by atoms with Gasteiger partial charge in [0.25, 0.3) is 0 Å². The Kier molecular flexibility index (Phi) is 7.35. The van der Waals surface area contributed by atoms with Crippen LogP contribution >= 0.6 is 11.8 Å².